The number of fused-ring (bicyclic) bond motifs is 3. The van der Waals surface area contributed by atoms with Crippen molar-refractivity contribution in [2.24, 2.45) is 0 Å². The van der Waals surface area contributed by atoms with E-state index in [2.05, 4.69) is 30.6 Å². The Kier molecular flexibility index (Phi) is 16.3. The maximum Gasteiger partial charge on any atom is 0.411 e. The molecule has 4 aromatic heterocycles. The molecule has 0 spiro atoms. The van der Waals surface area contributed by atoms with E-state index in [-0.39, 0.29) is 19.0 Å². The standard InChI is InChI=1S/C30H32N4O6.C26H21N3O4S/c1-30(2,3)40-29(36)34(18-20-9-7-6-8-10-20)19-27(35)33-21-11-12-28(32-17-21)39-24-13-14-31-23-16-26(38-5)25(37-4)15-22(23)24;1-31-22-14-18-20(15-23(22)32-2)27-11-10-21(18)33-17-8-9-19-24(13-17)34-26(28-19)29-25(30)12-16-6-4-3-5-7-16/h6-17H,18-19H2,1-5H3,(H,33,35);3-11,13-15H,12H2,1-2H3,(H,28,29,30). The molecule has 0 saturated heterocycles. The number of methoxy groups -OCH3 is 4. The van der Waals surface area contributed by atoms with Gasteiger partial charge in [-0.2, -0.15) is 0 Å². The molecule has 9 rings (SSSR count). The number of nitrogens with one attached hydrogen (secondary N) is 2. The molecule has 3 amide bonds. The highest BCUT2D eigenvalue weighted by atomic mass is 32.1. The van der Waals surface area contributed by atoms with Crippen molar-refractivity contribution >= 4 is 72.1 Å². The molecule has 4 heterocycles. The average Bonchev–Trinajstić information content (AvgIpc) is 3.80. The van der Waals surface area contributed by atoms with Gasteiger partial charge < -0.3 is 43.8 Å². The van der Waals surface area contributed by atoms with Crippen LogP contribution in [0.4, 0.5) is 15.6 Å². The third-order valence-corrected chi connectivity index (χ3v) is 11.8. The van der Waals surface area contributed by atoms with E-state index in [9.17, 15) is 14.4 Å². The van der Waals surface area contributed by atoms with E-state index in [4.69, 9.17) is 33.2 Å². The van der Waals surface area contributed by atoms with Crippen molar-refractivity contribution in [1.82, 2.24) is 24.8 Å². The molecule has 5 aromatic carbocycles. The van der Waals surface area contributed by atoms with Crippen LogP contribution in [0, 0.1) is 0 Å². The number of hydrogen-bond acceptors (Lipinski definition) is 15. The maximum absolute atomic E-state index is 12.9. The van der Waals surface area contributed by atoms with Crippen molar-refractivity contribution in [3.63, 3.8) is 0 Å². The fourth-order valence-electron chi connectivity index (χ4n) is 7.48. The Morgan fingerprint density at radius 3 is 1.73 bits per heavy atom. The number of amides is 3. The molecule has 2 N–H and O–H groups in total. The topological polar surface area (TPSA) is 195 Å². The third-order valence-electron chi connectivity index (χ3n) is 10.9. The zero-order valence-corrected chi connectivity index (χ0v) is 42.5. The van der Waals surface area contributed by atoms with E-state index in [0.29, 0.717) is 68.9 Å². The molecule has 0 atom stereocenters. The SMILES string of the molecule is COc1cc2nccc(Oc3ccc(NC(=O)CN(Cc4ccccc4)C(=O)OC(C)(C)C)cn3)c2cc1OC.COc1cc2nccc(Oc3ccc4nc(NC(=O)Cc5ccccc5)sc4c3)c2cc1OC. The molecule has 9 aromatic rings. The number of aromatic nitrogens is 4. The smallest absolute Gasteiger partial charge is 0.411 e. The number of rotatable bonds is 16. The van der Waals surface area contributed by atoms with Gasteiger partial charge in [-0.3, -0.25) is 24.5 Å². The lowest BCUT2D eigenvalue weighted by Crippen LogP contribution is -2.41. The van der Waals surface area contributed by atoms with Crippen LogP contribution >= 0.6 is 11.3 Å². The van der Waals surface area contributed by atoms with E-state index < -0.39 is 17.6 Å². The first-order valence-electron chi connectivity index (χ1n) is 23.2. The van der Waals surface area contributed by atoms with Gasteiger partial charge in [-0.15, -0.1) is 0 Å². The van der Waals surface area contributed by atoms with Crippen LogP contribution in [-0.4, -0.2) is 83.3 Å². The van der Waals surface area contributed by atoms with Gasteiger partial charge in [0.15, 0.2) is 28.1 Å². The number of anilines is 2. The number of benzene rings is 5. The van der Waals surface area contributed by atoms with E-state index in [1.54, 1.807) is 98.0 Å². The van der Waals surface area contributed by atoms with Crippen molar-refractivity contribution in [1.29, 1.82) is 0 Å². The molecule has 0 unspecified atom stereocenters. The normalized spacial score (nSPS) is 11.0. The number of ether oxygens (including phenoxy) is 7. The molecule has 0 aliphatic rings. The van der Waals surface area contributed by atoms with Gasteiger partial charge in [0.05, 0.1) is 68.0 Å². The summed E-state index contributed by atoms with van der Waals surface area (Å²) in [4.78, 5) is 57.1. The summed E-state index contributed by atoms with van der Waals surface area (Å²) >= 11 is 1.40. The maximum atomic E-state index is 12.9. The monoisotopic (exact) mass is 1020 g/mol. The van der Waals surface area contributed by atoms with E-state index >= 15 is 0 Å². The van der Waals surface area contributed by atoms with Gasteiger partial charge >= 0.3 is 6.09 Å². The molecular formula is C56H53N7O10S. The largest absolute Gasteiger partial charge is 0.493 e. The summed E-state index contributed by atoms with van der Waals surface area (Å²) in [6.45, 7) is 5.37. The molecule has 17 nitrogen and oxygen atoms in total. The Balaban J connectivity index is 0.000000199. The van der Waals surface area contributed by atoms with Crippen molar-refractivity contribution in [2.75, 3.05) is 45.6 Å². The molecule has 0 radical (unpaired) electrons. The quantitative estimate of drug-likeness (QED) is 0.0928. The Morgan fingerprint density at radius 2 is 1.16 bits per heavy atom. The lowest BCUT2D eigenvalue weighted by molar-refractivity contribution is -0.117. The molecular weight excluding hydrogens is 963 g/mol. The van der Waals surface area contributed by atoms with Crippen LogP contribution in [0.2, 0.25) is 0 Å². The number of carbonyl (C=O) groups is 3. The van der Waals surface area contributed by atoms with Gasteiger partial charge in [-0.05, 0) is 74.4 Å². The number of nitrogens with zero attached hydrogens (tertiary/aromatic N) is 5. The Morgan fingerprint density at radius 1 is 0.581 bits per heavy atom. The number of pyridine rings is 3. The minimum Gasteiger partial charge on any atom is -0.493 e. The summed E-state index contributed by atoms with van der Waals surface area (Å²) in [7, 11) is 6.30. The van der Waals surface area contributed by atoms with Crippen LogP contribution in [-0.2, 0) is 27.3 Å². The highest BCUT2D eigenvalue weighted by Crippen LogP contribution is 2.39. The first-order valence-corrected chi connectivity index (χ1v) is 24.0. The lowest BCUT2D eigenvalue weighted by Gasteiger charge is -2.27. The van der Waals surface area contributed by atoms with Gasteiger partial charge in [0.1, 0.15) is 29.4 Å². The van der Waals surface area contributed by atoms with Gasteiger partial charge in [0.25, 0.3) is 0 Å². The molecule has 0 aliphatic carbocycles. The van der Waals surface area contributed by atoms with Crippen molar-refractivity contribution < 1.29 is 47.5 Å². The summed E-state index contributed by atoms with van der Waals surface area (Å²) in [5, 5.41) is 7.75. The molecule has 0 aliphatic heterocycles. The first-order chi connectivity index (χ1) is 35.8. The van der Waals surface area contributed by atoms with E-state index in [0.717, 1.165) is 37.6 Å². The molecule has 378 valence electrons. The van der Waals surface area contributed by atoms with Gasteiger partial charge in [-0.25, -0.2) is 14.8 Å². The number of hydrogen-bond donors (Lipinski definition) is 2. The minimum absolute atomic E-state index is 0.102. The molecule has 18 heteroatoms. The Labute approximate surface area is 431 Å². The predicted octanol–water partition coefficient (Wildman–Crippen LogP) is 11.7. The van der Waals surface area contributed by atoms with Crippen molar-refractivity contribution in [3.8, 4) is 46.1 Å². The van der Waals surface area contributed by atoms with Gasteiger partial charge in [-0.1, -0.05) is 72.0 Å². The lowest BCUT2D eigenvalue weighted by atomic mass is 10.1. The summed E-state index contributed by atoms with van der Waals surface area (Å²) in [6.07, 6.45) is 4.52. The van der Waals surface area contributed by atoms with Crippen LogP contribution < -0.4 is 39.1 Å². The summed E-state index contributed by atoms with van der Waals surface area (Å²) < 4.78 is 40.2. The van der Waals surface area contributed by atoms with Crippen molar-refractivity contribution in [2.45, 2.75) is 39.3 Å². The minimum atomic E-state index is -0.695. The number of carbonyl (C=O) groups excluding carboxylic acids is 3. The van der Waals surface area contributed by atoms with Crippen LogP contribution in [0.15, 0.2) is 146 Å². The Hall–Kier alpha value is -9.03. The summed E-state index contributed by atoms with van der Waals surface area (Å²) in [5.74, 6) is 3.97. The summed E-state index contributed by atoms with van der Waals surface area (Å²) in [6, 6.07) is 38.7. The number of thiazole rings is 1. The molecule has 74 heavy (non-hydrogen) atoms. The molecule has 0 saturated carbocycles. The first kappa shape index (κ1) is 51.3. The zero-order chi connectivity index (χ0) is 52.2. The molecule has 0 fully saturated rings. The fourth-order valence-corrected chi connectivity index (χ4v) is 8.39. The Bertz CT molecular complexity index is 3410. The second-order valence-electron chi connectivity index (χ2n) is 17.4. The zero-order valence-electron chi connectivity index (χ0n) is 41.7. The van der Waals surface area contributed by atoms with Crippen LogP contribution in [0.3, 0.4) is 0 Å². The highest BCUT2D eigenvalue weighted by molar-refractivity contribution is 7.22. The average molecular weight is 1020 g/mol. The summed E-state index contributed by atoms with van der Waals surface area (Å²) in [5.41, 5.74) is 3.78. The fraction of sp³-hybridized carbons (Fsp3) is 0.196. The van der Waals surface area contributed by atoms with Crippen LogP contribution in [0.5, 0.6) is 46.1 Å². The van der Waals surface area contributed by atoms with Crippen molar-refractivity contribution in [3.05, 3.63) is 157 Å². The van der Waals surface area contributed by atoms with Crippen LogP contribution in [0.1, 0.15) is 31.9 Å². The molecule has 0 bridgehead atoms. The van der Waals surface area contributed by atoms with Crippen LogP contribution in [0.25, 0.3) is 32.0 Å². The predicted molar refractivity (Wildman–Crippen MR) is 284 cm³/mol. The highest BCUT2D eigenvalue weighted by Gasteiger charge is 2.25. The van der Waals surface area contributed by atoms with E-state index in [1.807, 2.05) is 91.0 Å². The third kappa shape index (κ3) is 13.3. The van der Waals surface area contributed by atoms with Gasteiger partial charge in [0, 0.05) is 54.0 Å². The van der Waals surface area contributed by atoms with E-state index in [1.165, 1.54) is 22.4 Å². The second-order valence-corrected chi connectivity index (χ2v) is 18.4. The van der Waals surface area contributed by atoms with Gasteiger partial charge in [0.2, 0.25) is 17.7 Å². The second kappa shape index (κ2) is 23.5.